The molecule has 5 aromatic rings. The summed E-state index contributed by atoms with van der Waals surface area (Å²) in [6.45, 7) is 5.39. The third-order valence-corrected chi connectivity index (χ3v) is 7.57. The summed E-state index contributed by atoms with van der Waals surface area (Å²) in [6.07, 6.45) is 9.64. The minimum absolute atomic E-state index is 0. The average Bonchev–Trinajstić information content (AvgIpc) is 3.50. The number of rotatable bonds is 4. The highest BCUT2D eigenvalue weighted by Crippen LogP contribution is 2.39. The molecule has 0 aromatic carbocycles. The summed E-state index contributed by atoms with van der Waals surface area (Å²) >= 11 is 3.06. The minimum atomic E-state index is 0. The van der Waals surface area contributed by atoms with Crippen molar-refractivity contribution in [3.8, 4) is 27.0 Å². The summed E-state index contributed by atoms with van der Waals surface area (Å²) in [5.74, 6) is 0. The molecule has 5 aromatic heterocycles. The van der Waals surface area contributed by atoms with Crippen LogP contribution in [0.3, 0.4) is 0 Å². The van der Waals surface area contributed by atoms with Gasteiger partial charge in [0.1, 0.15) is 16.8 Å². The first-order valence-corrected chi connectivity index (χ1v) is 11.8. The highest BCUT2D eigenvalue weighted by Gasteiger charge is 2.29. The number of hydrogen-bond donors (Lipinski definition) is 3. The first-order chi connectivity index (χ1) is 15.1. The Bertz CT molecular complexity index is 1340. The van der Waals surface area contributed by atoms with Crippen LogP contribution in [0, 0.1) is 0 Å². The van der Waals surface area contributed by atoms with Gasteiger partial charge in [0, 0.05) is 47.1 Å². The van der Waals surface area contributed by atoms with Crippen LogP contribution >= 0.6 is 35.1 Å². The van der Waals surface area contributed by atoms with Gasteiger partial charge in [-0.05, 0) is 32.9 Å². The molecule has 1 saturated heterocycles. The zero-order valence-corrected chi connectivity index (χ0v) is 20.0. The summed E-state index contributed by atoms with van der Waals surface area (Å²) in [4.78, 5) is 19.4. The third kappa shape index (κ3) is 3.77. The Morgan fingerprint density at radius 3 is 2.81 bits per heavy atom. The Labute approximate surface area is 198 Å². The number of aromatic amines is 2. The lowest BCUT2D eigenvalue weighted by molar-refractivity contribution is 0.112. The van der Waals surface area contributed by atoms with Gasteiger partial charge in [-0.25, -0.2) is 4.98 Å². The van der Waals surface area contributed by atoms with E-state index in [9.17, 15) is 0 Å². The fraction of sp³-hybridized carbons (Fsp3) is 0.333. The number of hydrogen-bond acceptors (Lipinski definition) is 8. The zero-order chi connectivity index (χ0) is 21.0. The Hall–Kier alpha value is -2.53. The molecule has 11 heteroatoms. The number of thiazole rings is 2. The molecule has 0 amide bonds. The molecule has 3 N–H and O–H groups in total. The third-order valence-electron chi connectivity index (χ3n) is 5.64. The van der Waals surface area contributed by atoms with Gasteiger partial charge in [-0.15, -0.1) is 12.4 Å². The Balaban J connectivity index is 0.00000216. The van der Waals surface area contributed by atoms with E-state index in [2.05, 4.69) is 40.4 Å². The van der Waals surface area contributed by atoms with Crippen molar-refractivity contribution >= 4 is 55.6 Å². The van der Waals surface area contributed by atoms with Gasteiger partial charge in [0.15, 0.2) is 9.66 Å². The lowest BCUT2D eigenvalue weighted by Crippen LogP contribution is -2.49. The van der Waals surface area contributed by atoms with Crippen LogP contribution in [0.1, 0.15) is 26.7 Å². The van der Waals surface area contributed by atoms with E-state index < -0.39 is 0 Å². The van der Waals surface area contributed by atoms with E-state index in [4.69, 9.17) is 19.7 Å². The van der Waals surface area contributed by atoms with E-state index in [-0.39, 0.29) is 24.0 Å². The van der Waals surface area contributed by atoms with Crippen molar-refractivity contribution in [1.29, 1.82) is 0 Å². The molecule has 0 aliphatic carbocycles. The van der Waals surface area contributed by atoms with E-state index in [1.54, 1.807) is 17.5 Å². The Kier molecular flexibility index (Phi) is 5.40. The summed E-state index contributed by atoms with van der Waals surface area (Å²) in [7, 11) is 0. The van der Waals surface area contributed by atoms with E-state index in [1.807, 2.05) is 18.6 Å². The van der Waals surface area contributed by atoms with Crippen molar-refractivity contribution < 1.29 is 4.74 Å². The van der Waals surface area contributed by atoms with Gasteiger partial charge >= 0.3 is 0 Å². The number of piperidine rings is 1. The first-order valence-electron chi connectivity index (χ1n) is 10.2. The minimum Gasteiger partial charge on any atom is -0.467 e. The number of nitrogens with one attached hydrogen (secondary N) is 3. The molecule has 0 spiro atoms. The van der Waals surface area contributed by atoms with Crippen LogP contribution in [0.4, 0.5) is 0 Å². The number of nitrogens with zero attached hydrogens (tertiary/aromatic N) is 4. The van der Waals surface area contributed by atoms with Gasteiger partial charge in [0.25, 0.3) is 5.19 Å². The second kappa shape index (κ2) is 8.11. The van der Waals surface area contributed by atoms with Crippen molar-refractivity contribution in [1.82, 2.24) is 35.5 Å². The number of H-pyrrole nitrogens is 2. The molecular formula is C21H22ClN7OS2. The zero-order valence-electron chi connectivity index (χ0n) is 17.5. The van der Waals surface area contributed by atoms with E-state index in [0.717, 1.165) is 61.8 Å². The maximum atomic E-state index is 6.20. The van der Waals surface area contributed by atoms with Crippen LogP contribution in [-0.4, -0.2) is 48.3 Å². The lowest BCUT2D eigenvalue weighted by Gasteiger charge is -2.35. The number of ether oxygens (including phenoxy) is 1. The SMILES string of the molecule is CC1(C)CC(Oc2nc3sc(-c4ncc(-c5cn[nH]c5)c5cc[nH]c45)nc3s2)CCN1.Cl. The fourth-order valence-corrected chi connectivity index (χ4v) is 6.13. The van der Waals surface area contributed by atoms with Crippen LogP contribution in [0.5, 0.6) is 5.19 Å². The number of pyridine rings is 1. The monoisotopic (exact) mass is 487 g/mol. The van der Waals surface area contributed by atoms with Crippen molar-refractivity contribution in [2.45, 2.75) is 38.3 Å². The maximum Gasteiger partial charge on any atom is 0.276 e. The maximum absolute atomic E-state index is 6.20. The van der Waals surface area contributed by atoms with Gasteiger partial charge < -0.3 is 15.0 Å². The molecule has 8 nitrogen and oxygen atoms in total. The van der Waals surface area contributed by atoms with E-state index in [0.29, 0.717) is 5.19 Å². The lowest BCUT2D eigenvalue weighted by atomic mass is 9.91. The quantitative estimate of drug-likeness (QED) is 0.329. The number of fused-ring (bicyclic) bond motifs is 2. The van der Waals surface area contributed by atoms with Gasteiger partial charge in [-0.1, -0.05) is 22.7 Å². The Morgan fingerprint density at radius 2 is 2.03 bits per heavy atom. The largest absolute Gasteiger partial charge is 0.467 e. The average molecular weight is 488 g/mol. The second-order valence-corrected chi connectivity index (χ2v) is 10.3. The van der Waals surface area contributed by atoms with E-state index >= 15 is 0 Å². The van der Waals surface area contributed by atoms with Crippen LogP contribution < -0.4 is 10.1 Å². The first kappa shape index (κ1) is 21.3. The van der Waals surface area contributed by atoms with Gasteiger partial charge in [0.05, 0.1) is 11.7 Å². The van der Waals surface area contributed by atoms with Gasteiger partial charge in [0.2, 0.25) is 0 Å². The smallest absolute Gasteiger partial charge is 0.276 e. The van der Waals surface area contributed by atoms with Crippen LogP contribution in [0.15, 0.2) is 30.9 Å². The normalized spacial score (nSPS) is 18.1. The fourth-order valence-electron chi connectivity index (χ4n) is 4.18. The molecule has 1 atom stereocenters. The van der Waals surface area contributed by atoms with Crippen molar-refractivity contribution in [2.75, 3.05) is 6.54 Å². The summed E-state index contributed by atoms with van der Waals surface area (Å²) in [5.41, 5.74) is 3.94. The van der Waals surface area contributed by atoms with Crippen molar-refractivity contribution in [3.63, 3.8) is 0 Å². The van der Waals surface area contributed by atoms with Crippen LogP contribution in [0.25, 0.3) is 42.4 Å². The molecule has 6 heterocycles. The summed E-state index contributed by atoms with van der Waals surface area (Å²) in [5, 5.41) is 13.1. The van der Waals surface area contributed by atoms with E-state index in [1.165, 1.54) is 11.3 Å². The molecule has 32 heavy (non-hydrogen) atoms. The summed E-state index contributed by atoms with van der Waals surface area (Å²) < 4.78 is 6.20. The molecule has 1 aliphatic rings. The molecule has 166 valence electrons. The molecule has 1 fully saturated rings. The molecule has 0 bridgehead atoms. The van der Waals surface area contributed by atoms with Crippen LogP contribution in [0.2, 0.25) is 0 Å². The summed E-state index contributed by atoms with van der Waals surface area (Å²) in [6, 6.07) is 2.06. The Morgan fingerprint density at radius 1 is 1.16 bits per heavy atom. The molecule has 0 radical (unpaired) electrons. The highest BCUT2D eigenvalue weighted by atomic mass is 35.5. The second-order valence-electron chi connectivity index (χ2n) is 8.43. The van der Waals surface area contributed by atoms with Gasteiger partial charge in [-0.2, -0.15) is 10.1 Å². The standard InChI is InChI=1S/C21H21N7OS2.ClH/c1-21(2)7-12(3-6-24-21)29-20-28-19-18(31-20)27-17(30-19)16-15-13(4-5-22-15)14(10-23-16)11-8-25-26-9-11;/h4-5,8-10,12,22,24H,3,6-7H2,1-2H3,(H,25,26);1H. The molecule has 1 unspecified atom stereocenters. The van der Waals surface area contributed by atoms with Crippen molar-refractivity contribution in [3.05, 3.63) is 30.9 Å². The van der Waals surface area contributed by atoms with Gasteiger partial charge in [-0.3, -0.25) is 10.1 Å². The van der Waals surface area contributed by atoms with Crippen molar-refractivity contribution in [2.24, 2.45) is 0 Å². The molecule has 6 rings (SSSR count). The molecular weight excluding hydrogens is 466 g/mol. The molecule has 0 saturated carbocycles. The van der Waals surface area contributed by atoms with Crippen LogP contribution in [-0.2, 0) is 0 Å². The number of aromatic nitrogens is 6. The predicted molar refractivity (Wildman–Crippen MR) is 131 cm³/mol. The molecule has 1 aliphatic heterocycles. The topological polar surface area (TPSA) is 104 Å². The highest BCUT2D eigenvalue weighted by molar-refractivity contribution is 7.28. The predicted octanol–water partition coefficient (Wildman–Crippen LogP) is 5.02. The number of halogens is 1.